The van der Waals surface area contributed by atoms with Gasteiger partial charge >= 0.3 is 11.9 Å². The highest BCUT2D eigenvalue weighted by atomic mass is 16.4. The Morgan fingerprint density at radius 2 is 1.38 bits per heavy atom. The van der Waals surface area contributed by atoms with Gasteiger partial charge in [-0.05, 0) is 17.9 Å². The quantitative estimate of drug-likeness (QED) is 0.167. The summed E-state index contributed by atoms with van der Waals surface area (Å²) >= 11 is 0. The largest absolute Gasteiger partial charge is 0.481 e. The molecule has 12 nitrogen and oxygen atoms in total. The Morgan fingerprint density at radius 1 is 0.853 bits per heavy atom. The second-order valence-electron chi connectivity index (χ2n) is 8.23. The highest BCUT2D eigenvalue weighted by molar-refractivity contribution is 5.95. The highest BCUT2D eigenvalue weighted by Gasteiger charge is 2.32. The minimum absolute atomic E-state index is 0.0548. The van der Waals surface area contributed by atoms with Crippen molar-refractivity contribution < 1.29 is 39.3 Å². The number of hydrogen-bond donors (Lipinski definition) is 7. The lowest BCUT2D eigenvalue weighted by Crippen LogP contribution is -2.58. The summed E-state index contributed by atoms with van der Waals surface area (Å²) in [5.41, 5.74) is 6.10. The molecule has 8 N–H and O–H groups in total. The minimum Gasteiger partial charge on any atom is -0.481 e. The monoisotopic (exact) mass is 480 g/mol. The third-order valence-corrected chi connectivity index (χ3v) is 4.78. The Morgan fingerprint density at radius 3 is 1.88 bits per heavy atom. The van der Waals surface area contributed by atoms with Crippen LogP contribution in [0.15, 0.2) is 30.3 Å². The van der Waals surface area contributed by atoms with Crippen molar-refractivity contribution in [2.75, 3.05) is 6.61 Å². The average Bonchev–Trinajstić information content (AvgIpc) is 2.76. The third-order valence-electron chi connectivity index (χ3n) is 4.78. The topological polar surface area (TPSA) is 208 Å². The lowest BCUT2D eigenvalue weighted by molar-refractivity contribution is -0.143. The standard InChI is InChI=1S/C22H32N4O8/c1-12(2)8-15(24-19(30)14(23)11-27)20(31)25-16(10-18(28)29)21(32)26-17(22(33)34)9-13-6-4-3-5-7-13/h3-7,12,14-17,27H,8-11,23H2,1-2H3,(H,24,30)(H,25,31)(H,26,32)(H,28,29)(H,33,34). The van der Waals surface area contributed by atoms with Crippen molar-refractivity contribution in [3.8, 4) is 0 Å². The van der Waals surface area contributed by atoms with E-state index in [1.807, 2.05) is 0 Å². The molecule has 12 heteroatoms. The summed E-state index contributed by atoms with van der Waals surface area (Å²) in [6, 6.07) is 3.12. The van der Waals surface area contributed by atoms with E-state index in [4.69, 9.17) is 10.8 Å². The molecule has 1 aromatic rings. The summed E-state index contributed by atoms with van der Waals surface area (Å²) in [6.07, 6.45) is -0.725. The molecule has 0 saturated carbocycles. The predicted octanol–water partition coefficient (Wildman–Crippen LogP) is -1.39. The maximum Gasteiger partial charge on any atom is 0.326 e. The number of rotatable bonds is 14. The maximum absolute atomic E-state index is 12.8. The Labute approximate surface area is 196 Å². The molecule has 1 rings (SSSR count). The van der Waals surface area contributed by atoms with Crippen molar-refractivity contribution in [2.24, 2.45) is 11.7 Å². The summed E-state index contributed by atoms with van der Waals surface area (Å²) in [5, 5.41) is 34.7. The lowest BCUT2D eigenvalue weighted by Gasteiger charge is -2.25. The molecule has 0 aliphatic rings. The van der Waals surface area contributed by atoms with Crippen LogP contribution in [0, 0.1) is 5.92 Å². The van der Waals surface area contributed by atoms with Gasteiger partial charge in [0, 0.05) is 6.42 Å². The lowest BCUT2D eigenvalue weighted by atomic mass is 10.0. The normalized spacial score (nSPS) is 14.4. The van der Waals surface area contributed by atoms with Crippen LogP contribution in [0.1, 0.15) is 32.3 Å². The van der Waals surface area contributed by atoms with Gasteiger partial charge < -0.3 is 37.0 Å². The van der Waals surface area contributed by atoms with Gasteiger partial charge in [0.05, 0.1) is 13.0 Å². The molecule has 0 bridgehead atoms. The predicted molar refractivity (Wildman–Crippen MR) is 120 cm³/mol. The summed E-state index contributed by atoms with van der Waals surface area (Å²) in [6.45, 7) is 2.91. The van der Waals surface area contributed by atoms with Gasteiger partial charge in [0.25, 0.3) is 0 Å². The van der Waals surface area contributed by atoms with Gasteiger partial charge in [0.1, 0.15) is 24.2 Å². The number of nitrogens with one attached hydrogen (secondary N) is 3. The first-order valence-corrected chi connectivity index (χ1v) is 10.7. The molecule has 0 aliphatic carbocycles. The van der Waals surface area contributed by atoms with Crippen LogP contribution in [0.5, 0.6) is 0 Å². The van der Waals surface area contributed by atoms with Crippen LogP contribution in [0.3, 0.4) is 0 Å². The van der Waals surface area contributed by atoms with Crippen molar-refractivity contribution >= 4 is 29.7 Å². The van der Waals surface area contributed by atoms with Gasteiger partial charge in [-0.15, -0.1) is 0 Å². The van der Waals surface area contributed by atoms with E-state index < -0.39 is 66.9 Å². The van der Waals surface area contributed by atoms with Crippen LogP contribution in [-0.2, 0) is 30.4 Å². The number of aliphatic hydroxyl groups excluding tert-OH is 1. The molecule has 0 radical (unpaired) electrons. The number of hydrogen-bond acceptors (Lipinski definition) is 7. The van der Waals surface area contributed by atoms with E-state index in [1.54, 1.807) is 44.2 Å². The Kier molecular flexibility index (Phi) is 11.7. The fourth-order valence-electron chi connectivity index (χ4n) is 3.04. The Hall–Kier alpha value is -3.51. The van der Waals surface area contributed by atoms with Crippen LogP contribution >= 0.6 is 0 Å². The molecule has 0 saturated heterocycles. The van der Waals surface area contributed by atoms with Gasteiger partial charge in [-0.25, -0.2) is 4.79 Å². The number of aliphatic hydroxyl groups is 1. The van der Waals surface area contributed by atoms with Crippen LogP contribution in [0.4, 0.5) is 0 Å². The molecule has 0 heterocycles. The molecule has 0 aliphatic heterocycles. The molecule has 3 amide bonds. The van der Waals surface area contributed by atoms with E-state index in [1.165, 1.54) is 0 Å². The smallest absolute Gasteiger partial charge is 0.326 e. The van der Waals surface area contributed by atoms with Crippen molar-refractivity contribution in [1.82, 2.24) is 16.0 Å². The molecule has 1 aromatic carbocycles. The molecule has 0 fully saturated rings. The van der Waals surface area contributed by atoms with E-state index in [9.17, 15) is 34.2 Å². The van der Waals surface area contributed by atoms with Crippen molar-refractivity contribution in [3.05, 3.63) is 35.9 Å². The first kappa shape index (κ1) is 28.5. The molecule has 4 unspecified atom stereocenters. The molecule has 4 atom stereocenters. The molecule has 0 aromatic heterocycles. The van der Waals surface area contributed by atoms with Crippen molar-refractivity contribution in [1.29, 1.82) is 0 Å². The Bertz CT molecular complexity index is 862. The number of carbonyl (C=O) groups excluding carboxylic acids is 3. The van der Waals surface area contributed by atoms with Gasteiger partial charge in [-0.1, -0.05) is 44.2 Å². The van der Waals surface area contributed by atoms with Gasteiger partial charge in [-0.2, -0.15) is 0 Å². The first-order chi connectivity index (χ1) is 15.9. The number of carbonyl (C=O) groups is 5. The zero-order chi connectivity index (χ0) is 25.8. The van der Waals surface area contributed by atoms with E-state index in [0.29, 0.717) is 5.56 Å². The highest BCUT2D eigenvalue weighted by Crippen LogP contribution is 2.08. The third kappa shape index (κ3) is 9.96. The first-order valence-electron chi connectivity index (χ1n) is 10.7. The van der Waals surface area contributed by atoms with E-state index >= 15 is 0 Å². The van der Waals surface area contributed by atoms with Crippen LogP contribution < -0.4 is 21.7 Å². The second-order valence-corrected chi connectivity index (χ2v) is 8.23. The molecule has 0 spiro atoms. The number of nitrogens with two attached hydrogens (primary N) is 1. The average molecular weight is 481 g/mol. The van der Waals surface area contributed by atoms with Gasteiger partial charge in [0.15, 0.2) is 0 Å². The van der Waals surface area contributed by atoms with E-state index in [0.717, 1.165) is 0 Å². The van der Waals surface area contributed by atoms with Crippen LogP contribution in [0.25, 0.3) is 0 Å². The second kappa shape index (κ2) is 13.9. The van der Waals surface area contributed by atoms with E-state index in [-0.39, 0.29) is 18.8 Å². The molecular weight excluding hydrogens is 448 g/mol. The SMILES string of the molecule is CC(C)CC(NC(=O)C(N)CO)C(=O)NC(CC(=O)O)C(=O)NC(Cc1ccccc1)C(=O)O. The molecular formula is C22H32N4O8. The van der Waals surface area contributed by atoms with Crippen LogP contribution in [0.2, 0.25) is 0 Å². The number of benzene rings is 1. The van der Waals surface area contributed by atoms with Gasteiger partial charge in [0.2, 0.25) is 17.7 Å². The summed E-state index contributed by atoms with van der Waals surface area (Å²) < 4.78 is 0. The zero-order valence-corrected chi connectivity index (χ0v) is 19.1. The fourth-order valence-corrected chi connectivity index (χ4v) is 3.04. The van der Waals surface area contributed by atoms with E-state index in [2.05, 4.69) is 16.0 Å². The number of amides is 3. The number of carboxylic acid groups (broad SMARTS) is 2. The van der Waals surface area contributed by atoms with Gasteiger partial charge in [-0.3, -0.25) is 19.2 Å². The number of aliphatic carboxylic acids is 2. The number of carboxylic acids is 2. The van der Waals surface area contributed by atoms with Crippen molar-refractivity contribution in [2.45, 2.75) is 57.3 Å². The molecule has 188 valence electrons. The molecule has 34 heavy (non-hydrogen) atoms. The maximum atomic E-state index is 12.8. The zero-order valence-electron chi connectivity index (χ0n) is 19.1. The minimum atomic E-state index is -1.60. The van der Waals surface area contributed by atoms with Crippen molar-refractivity contribution in [3.63, 3.8) is 0 Å². The fraction of sp³-hybridized carbons (Fsp3) is 0.500. The summed E-state index contributed by atoms with van der Waals surface area (Å²) in [5.74, 6) is -5.45. The summed E-state index contributed by atoms with van der Waals surface area (Å²) in [4.78, 5) is 60.6. The summed E-state index contributed by atoms with van der Waals surface area (Å²) in [7, 11) is 0. The van der Waals surface area contributed by atoms with Crippen LogP contribution in [-0.4, -0.2) is 75.8 Å². The Balaban J connectivity index is 3.00.